The fourth-order valence-electron chi connectivity index (χ4n) is 3.50. The van der Waals surface area contributed by atoms with Gasteiger partial charge < -0.3 is 16.6 Å². The number of rotatable bonds is 7. The second kappa shape index (κ2) is 14.9. The average molecular weight is 526 g/mol. The van der Waals surface area contributed by atoms with E-state index in [4.69, 9.17) is 11.5 Å². The van der Waals surface area contributed by atoms with E-state index < -0.39 is 17.2 Å². The molecule has 8 heteroatoms. The second-order valence-electron chi connectivity index (χ2n) is 8.57. The van der Waals surface area contributed by atoms with Crippen LogP contribution in [0, 0.1) is 11.6 Å². The van der Waals surface area contributed by atoms with Crippen molar-refractivity contribution in [3.05, 3.63) is 94.9 Å². The molecule has 0 radical (unpaired) electrons. The van der Waals surface area contributed by atoms with Crippen molar-refractivity contribution in [3.8, 4) is 11.3 Å². The largest absolute Gasteiger partial charge is 0.401 e. The van der Waals surface area contributed by atoms with Crippen LogP contribution in [0.1, 0.15) is 84.7 Å². The van der Waals surface area contributed by atoms with Gasteiger partial charge in [0.05, 0.1) is 28.8 Å². The summed E-state index contributed by atoms with van der Waals surface area (Å²) in [6.45, 7) is 15.1. The van der Waals surface area contributed by atoms with E-state index in [-0.39, 0.29) is 17.2 Å². The maximum absolute atomic E-state index is 14.1. The summed E-state index contributed by atoms with van der Waals surface area (Å²) >= 11 is 0. The first kappa shape index (κ1) is 32.4. The van der Waals surface area contributed by atoms with Gasteiger partial charge in [-0.25, -0.2) is 13.8 Å². The van der Waals surface area contributed by atoms with Gasteiger partial charge in [-0.1, -0.05) is 47.6 Å². The first-order valence-electron chi connectivity index (χ1n) is 12.9. The normalized spacial score (nSPS) is 12.9. The topological polar surface area (TPSA) is 111 Å². The number of nitrogens with zero attached hydrogens (tertiary/aromatic N) is 3. The van der Waals surface area contributed by atoms with Crippen molar-refractivity contribution in [2.45, 2.75) is 73.3 Å². The third kappa shape index (κ3) is 8.18. The maximum atomic E-state index is 14.1. The molecule has 0 saturated carbocycles. The lowest BCUT2D eigenvalue weighted by atomic mass is 9.96. The highest BCUT2D eigenvalue weighted by molar-refractivity contribution is 5.67. The lowest BCUT2D eigenvalue weighted by Crippen LogP contribution is -2.17. The molecule has 0 fully saturated rings. The van der Waals surface area contributed by atoms with E-state index >= 15 is 0 Å². The molecule has 3 rings (SSSR count). The van der Waals surface area contributed by atoms with Crippen LogP contribution < -0.4 is 11.5 Å². The van der Waals surface area contributed by atoms with E-state index in [1.807, 2.05) is 47.6 Å². The van der Waals surface area contributed by atoms with Crippen LogP contribution in [0.3, 0.4) is 0 Å². The van der Waals surface area contributed by atoms with Gasteiger partial charge in [-0.2, -0.15) is 0 Å². The zero-order valence-corrected chi connectivity index (χ0v) is 23.7. The smallest absolute Gasteiger partial charge is 0.135 e. The average Bonchev–Trinajstić information content (AvgIpc) is 2.92. The SMILES string of the molecule is CC.CC.CCC(/C=C(\N)c1c(F)cccc1F)=C(/N)C(C)c1cncc(-c2ccc(C(C)(C)O)nc2)n1. The Labute approximate surface area is 225 Å². The minimum Gasteiger partial charge on any atom is -0.401 e. The summed E-state index contributed by atoms with van der Waals surface area (Å²) in [5, 5.41) is 10.1. The van der Waals surface area contributed by atoms with Crippen molar-refractivity contribution >= 4 is 5.70 Å². The maximum Gasteiger partial charge on any atom is 0.135 e. The summed E-state index contributed by atoms with van der Waals surface area (Å²) in [7, 11) is 0. The van der Waals surface area contributed by atoms with Crippen LogP contribution in [0.25, 0.3) is 17.0 Å². The molecule has 0 aliphatic rings. The molecule has 2 aromatic heterocycles. The van der Waals surface area contributed by atoms with Gasteiger partial charge in [0.2, 0.25) is 0 Å². The van der Waals surface area contributed by atoms with E-state index in [1.54, 1.807) is 38.5 Å². The monoisotopic (exact) mass is 525 g/mol. The molecular weight excluding hydrogens is 484 g/mol. The summed E-state index contributed by atoms with van der Waals surface area (Å²) in [6, 6.07) is 7.16. The van der Waals surface area contributed by atoms with Crippen molar-refractivity contribution < 1.29 is 13.9 Å². The number of allylic oxidation sites excluding steroid dienone is 3. The molecule has 1 atom stereocenters. The first-order valence-corrected chi connectivity index (χ1v) is 12.9. The fraction of sp³-hybridized carbons (Fsp3) is 0.367. The number of aliphatic hydroxyl groups is 1. The summed E-state index contributed by atoms with van der Waals surface area (Å²) in [6.07, 6.45) is 6.88. The molecule has 1 aromatic carbocycles. The van der Waals surface area contributed by atoms with Gasteiger partial charge in [-0.15, -0.1) is 0 Å². The molecule has 6 nitrogen and oxygen atoms in total. The van der Waals surface area contributed by atoms with E-state index in [2.05, 4.69) is 15.0 Å². The number of hydrogen-bond acceptors (Lipinski definition) is 6. The van der Waals surface area contributed by atoms with Crippen LogP contribution in [0.4, 0.5) is 8.78 Å². The molecule has 0 aliphatic heterocycles. The number of pyridine rings is 1. The summed E-state index contributed by atoms with van der Waals surface area (Å²) in [5.41, 5.74) is 14.8. The minimum absolute atomic E-state index is 0.0413. The summed E-state index contributed by atoms with van der Waals surface area (Å²) in [4.78, 5) is 13.3. The van der Waals surface area contributed by atoms with Crippen molar-refractivity contribution in [1.29, 1.82) is 0 Å². The predicted molar refractivity (Wildman–Crippen MR) is 152 cm³/mol. The Kier molecular flexibility index (Phi) is 12.7. The van der Waals surface area contributed by atoms with Crippen LogP contribution in [0.2, 0.25) is 0 Å². The summed E-state index contributed by atoms with van der Waals surface area (Å²) in [5.74, 6) is -1.81. The highest BCUT2D eigenvalue weighted by Gasteiger charge is 2.19. The lowest BCUT2D eigenvalue weighted by Gasteiger charge is -2.17. The molecule has 5 N–H and O–H groups in total. The van der Waals surface area contributed by atoms with E-state index in [0.29, 0.717) is 34.8 Å². The molecule has 0 bridgehead atoms. The van der Waals surface area contributed by atoms with Crippen LogP contribution in [-0.2, 0) is 5.60 Å². The molecular formula is C30H41F2N5O. The standard InChI is InChI=1S/C26H29F2N5O.2C2H6/c1-5-16(11-20(29)24-18(27)7-6-8-19(24)28)25(30)15(2)21-13-31-14-22(33-21)17-9-10-23(32-12-17)26(3,4)34;2*1-2/h6-15,34H,5,29-30H2,1-4H3;2*1-2H3/b20-11-,25-16-;;. The zero-order valence-electron chi connectivity index (χ0n) is 23.7. The predicted octanol–water partition coefficient (Wildman–Crippen LogP) is 6.82. The Morgan fingerprint density at radius 1 is 1.00 bits per heavy atom. The number of hydrogen-bond donors (Lipinski definition) is 3. The van der Waals surface area contributed by atoms with Gasteiger partial charge in [-0.05, 0) is 56.2 Å². The number of benzene rings is 1. The van der Waals surface area contributed by atoms with Gasteiger partial charge in [0.25, 0.3) is 0 Å². The van der Waals surface area contributed by atoms with E-state index in [9.17, 15) is 13.9 Å². The van der Waals surface area contributed by atoms with Gasteiger partial charge in [0.15, 0.2) is 0 Å². The Bertz CT molecular complexity index is 1210. The molecule has 0 spiro atoms. The highest BCUT2D eigenvalue weighted by Crippen LogP contribution is 2.28. The number of halogens is 2. The zero-order chi connectivity index (χ0) is 29.0. The number of nitrogens with two attached hydrogens (primary N) is 2. The van der Waals surface area contributed by atoms with Gasteiger partial charge in [0, 0.05) is 35.3 Å². The minimum atomic E-state index is -1.04. The molecule has 0 saturated heterocycles. The van der Waals surface area contributed by atoms with Crippen LogP contribution >= 0.6 is 0 Å². The first-order chi connectivity index (χ1) is 18.0. The quantitative estimate of drug-likeness (QED) is 0.292. The number of aromatic nitrogens is 3. The van der Waals surface area contributed by atoms with Crippen LogP contribution in [0.5, 0.6) is 0 Å². The van der Waals surface area contributed by atoms with Crippen molar-refractivity contribution in [2.24, 2.45) is 11.5 Å². The van der Waals surface area contributed by atoms with Crippen molar-refractivity contribution in [2.75, 3.05) is 0 Å². The van der Waals surface area contributed by atoms with Crippen molar-refractivity contribution in [3.63, 3.8) is 0 Å². The molecule has 38 heavy (non-hydrogen) atoms. The Hall–Kier alpha value is -3.65. The van der Waals surface area contributed by atoms with Gasteiger partial charge in [0.1, 0.15) is 17.2 Å². The fourth-order valence-corrected chi connectivity index (χ4v) is 3.50. The van der Waals surface area contributed by atoms with E-state index in [1.165, 1.54) is 12.1 Å². The second-order valence-corrected chi connectivity index (χ2v) is 8.57. The highest BCUT2D eigenvalue weighted by atomic mass is 19.1. The molecule has 0 aliphatic carbocycles. The third-order valence-corrected chi connectivity index (χ3v) is 5.58. The molecule has 206 valence electrons. The van der Waals surface area contributed by atoms with E-state index in [0.717, 1.165) is 17.7 Å². The Balaban J connectivity index is 0.00000172. The lowest BCUT2D eigenvalue weighted by molar-refractivity contribution is 0.0739. The van der Waals surface area contributed by atoms with Gasteiger partial charge >= 0.3 is 0 Å². The van der Waals surface area contributed by atoms with Crippen LogP contribution in [-0.4, -0.2) is 20.1 Å². The summed E-state index contributed by atoms with van der Waals surface area (Å²) < 4.78 is 28.3. The van der Waals surface area contributed by atoms with Crippen molar-refractivity contribution in [1.82, 2.24) is 15.0 Å². The molecule has 2 heterocycles. The molecule has 1 unspecified atom stereocenters. The van der Waals surface area contributed by atoms with Gasteiger partial charge in [-0.3, -0.25) is 9.97 Å². The molecule has 3 aromatic rings. The molecule has 0 amide bonds. The van der Waals surface area contributed by atoms with Crippen LogP contribution in [0.15, 0.2) is 66.3 Å². The Morgan fingerprint density at radius 3 is 2.11 bits per heavy atom. The third-order valence-electron chi connectivity index (χ3n) is 5.58. The Morgan fingerprint density at radius 2 is 1.61 bits per heavy atom.